The van der Waals surface area contributed by atoms with Crippen LogP contribution in [0, 0.1) is 0 Å². The molecule has 1 fully saturated rings. The molecule has 0 aromatic heterocycles. The summed E-state index contributed by atoms with van der Waals surface area (Å²) in [4.78, 5) is 14.1. The third-order valence-corrected chi connectivity index (χ3v) is 3.74. The number of benzene rings is 1. The van der Waals surface area contributed by atoms with Gasteiger partial charge in [-0.15, -0.1) is 0 Å². The fourth-order valence-electron chi connectivity index (χ4n) is 2.51. The summed E-state index contributed by atoms with van der Waals surface area (Å²) in [5.74, 6) is -0.242. The number of carbonyl (C=O) groups is 1. The number of amides is 1. The Labute approximate surface area is 108 Å². The number of carbonyl (C=O) groups excluding carboxylic acids is 1. The summed E-state index contributed by atoms with van der Waals surface area (Å²) in [6.07, 6.45) is 0.670. The summed E-state index contributed by atoms with van der Waals surface area (Å²) in [7, 11) is 0. The van der Waals surface area contributed by atoms with E-state index in [9.17, 15) is 4.79 Å². The van der Waals surface area contributed by atoms with Crippen LogP contribution in [0.3, 0.4) is 0 Å². The normalized spacial score (nSPS) is 20.3. The predicted molar refractivity (Wildman–Crippen MR) is 72.2 cm³/mol. The highest BCUT2D eigenvalue weighted by Gasteiger charge is 2.38. The molecule has 98 valence electrons. The molecule has 0 radical (unpaired) electrons. The lowest BCUT2D eigenvalue weighted by molar-refractivity contribution is -0.129. The summed E-state index contributed by atoms with van der Waals surface area (Å²) in [6.45, 7) is 5.52. The third-order valence-electron chi connectivity index (χ3n) is 3.74. The zero-order chi connectivity index (χ0) is 13.0. The Hall–Kier alpha value is -1.39. The lowest BCUT2D eigenvalue weighted by atomic mass is 9.89. The van der Waals surface area contributed by atoms with E-state index in [1.807, 2.05) is 37.3 Å². The monoisotopic (exact) mass is 247 g/mol. The lowest BCUT2D eigenvalue weighted by Crippen LogP contribution is -2.61. The number of piperazine rings is 1. The minimum atomic E-state index is -0.594. The van der Waals surface area contributed by atoms with Crippen LogP contribution in [0.4, 0.5) is 0 Å². The van der Waals surface area contributed by atoms with E-state index in [1.165, 1.54) is 0 Å². The maximum atomic E-state index is 11.9. The molecule has 4 heteroatoms. The van der Waals surface area contributed by atoms with Crippen LogP contribution in [0.15, 0.2) is 30.3 Å². The Bertz CT molecular complexity index is 401. The van der Waals surface area contributed by atoms with E-state index in [-0.39, 0.29) is 5.91 Å². The topological polar surface area (TPSA) is 58.4 Å². The number of primary amides is 1. The van der Waals surface area contributed by atoms with Gasteiger partial charge >= 0.3 is 0 Å². The van der Waals surface area contributed by atoms with Gasteiger partial charge in [0.15, 0.2) is 0 Å². The predicted octanol–water partition coefficient (Wildman–Crippen LogP) is 0.378. The van der Waals surface area contributed by atoms with Gasteiger partial charge in [0, 0.05) is 26.2 Å². The Morgan fingerprint density at radius 3 is 2.50 bits per heavy atom. The zero-order valence-corrected chi connectivity index (χ0v) is 10.9. The van der Waals surface area contributed by atoms with Crippen molar-refractivity contribution < 1.29 is 4.79 Å². The van der Waals surface area contributed by atoms with Gasteiger partial charge in [-0.2, -0.15) is 0 Å². The highest BCUT2D eigenvalue weighted by atomic mass is 16.1. The Kier molecular flexibility index (Phi) is 3.99. The molecule has 0 bridgehead atoms. The molecule has 1 aromatic rings. The number of hydrogen-bond acceptors (Lipinski definition) is 3. The first-order valence-corrected chi connectivity index (χ1v) is 6.42. The first-order chi connectivity index (χ1) is 8.63. The van der Waals surface area contributed by atoms with Crippen LogP contribution >= 0.6 is 0 Å². The van der Waals surface area contributed by atoms with Crippen molar-refractivity contribution in [1.82, 2.24) is 10.2 Å². The molecule has 0 saturated carbocycles. The third kappa shape index (κ3) is 2.71. The van der Waals surface area contributed by atoms with Crippen LogP contribution in [0.2, 0.25) is 0 Å². The minimum absolute atomic E-state index is 0.242. The molecule has 1 saturated heterocycles. The number of rotatable bonds is 4. The molecular weight excluding hydrogens is 226 g/mol. The standard InChI is InChI=1S/C14H21N3O/c1-14(13(15)18,17-9-7-16-8-10-17)11-12-5-3-2-4-6-12/h2-6,16H,7-11H2,1H3,(H2,15,18). The summed E-state index contributed by atoms with van der Waals surface area (Å²) in [6, 6.07) is 10.1. The number of hydrogen-bond donors (Lipinski definition) is 2. The minimum Gasteiger partial charge on any atom is -0.368 e. The van der Waals surface area contributed by atoms with E-state index in [1.54, 1.807) is 0 Å². The van der Waals surface area contributed by atoms with Crippen molar-refractivity contribution in [3.8, 4) is 0 Å². The largest absolute Gasteiger partial charge is 0.368 e. The van der Waals surface area contributed by atoms with Gasteiger partial charge in [0.1, 0.15) is 5.54 Å². The molecule has 1 heterocycles. The highest BCUT2D eigenvalue weighted by molar-refractivity contribution is 5.84. The molecule has 1 aliphatic heterocycles. The summed E-state index contributed by atoms with van der Waals surface area (Å²) in [5, 5.41) is 3.30. The van der Waals surface area contributed by atoms with Crippen molar-refractivity contribution in [3.05, 3.63) is 35.9 Å². The SMILES string of the molecule is CC(Cc1ccccc1)(C(N)=O)N1CCNCC1. The zero-order valence-electron chi connectivity index (χ0n) is 10.9. The van der Waals surface area contributed by atoms with Gasteiger partial charge in [0.25, 0.3) is 0 Å². The lowest BCUT2D eigenvalue weighted by Gasteiger charge is -2.41. The quantitative estimate of drug-likeness (QED) is 0.808. The molecule has 4 nitrogen and oxygen atoms in total. The summed E-state index contributed by atoms with van der Waals surface area (Å²) >= 11 is 0. The van der Waals surface area contributed by atoms with E-state index >= 15 is 0 Å². The maximum Gasteiger partial charge on any atom is 0.238 e. The van der Waals surface area contributed by atoms with E-state index in [0.717, 1.165) is 31.7 Å². The number of nitrogens with one attached hydrogen (secondary N) is 1. The van der Waals surface area contributed by atoms with Gasteiger partial charge in [0.2, 0.25) is 5.91 Å². The molecule has 3 N–H and O–H groups in total. The maximum absolute atomic E-state index is 11.9. The van der Waals surface area contributed by atoms with Crippen LogP contribution in [0.25, 0.3) is 0 Å². The second kappa shape index (κ2) is 5.50. The molecule has 1 aromatic carbocycles. The summed E-state index contributed by atoms with van der Waals surface area (Å²) < 4.78 is 0. The van der Waals surface area contributed by atoms with Crippen molar-refractivity contribution in [3.63, 3.8) is 0 Å². The second-order valence-corrected chi connectivity index (χ2v) is 5.04. The van der Waals surface area contributed by atoms with Crippen LogP contribution in [-0.2, 0) is 11.2 Å². The van der Waals surface area contributed by atoms with Crippen LogP contribution < -0.4 is 11.1 Å². The van der Waals surface area contributed by atoms with E-state index in [0.29, 0.717) is 6.42 Å². The Morgan fingerprint density at radius 2 is 1.94 bits per heavy atom. The van der Waals surface area contributed by atoms with Crippen molar-refractivity contribution in [2.45, 2.75) is 18.9 Å². The first-order valence-electron chi connectivity index (χ1n) is 6.42. The molecule has 1 aliphatic rings. The van der Waals surface area contributed by atoms with Crippen LogP contribution in [0.1, 0.15) is 12.5 Å². The van der Waals surface area contributed by atoms with Gasteiger partial charge in [-0.25, -0.2) is 0 Å². The van der Waals surface area contributed by atoms with Crippen molar-refractivity contribution in [2.24, 2.45) is 5.73 Å². The van der Waals surface area contributed by atoms with Gasteiger partial charge in [-0.3, -0.25) is 9.69 Å². The van der Waals surface area contributed by atoms with Gasteiger partial charge in [-0.1, -0.05) is 30.3 Å². The smallest absolute Gasteiger partial charge is 0.238 e. The molecule has 1 unspecified atom stereocenters. The first kappa shape index (κ1) is 13.1. The van der Waals surface area contributed by atoms with Gasteiger partial charge in [-0.05, 0) is 18.9 Å². The molecular formula is C14H21N3O. The van der Waals surface area contributed by atoms with Crippen molar-refractivity contribution in [2.75, 3.05) is 26.2 Å². The second-order valence-electron chi connectivity index (χ2n) is 5.04. The molecule has 18 heavy (non-hydrogen) atoms. The fourth-order valence-corrected chi connectivity index (χ4v) is 2.51. The average Bonchev–Trinajstić information content (AvgIpc) is 2.40. The number of nitrogens with zero attached hydrogens (tertiary/aromatic N) is 1. The van der Waals surface area contributed by atoms with E-state index in [4.69, 9.17) is 5.73 Å². The molecule has 0 spiro atoms. The van der Waals surface area contributed by atoms with Gasteiger partial charge in [0.05, 0.1) is 0 Å². The Balaban J connectivity index is 2.18. The molecule has 1 atom stereocenters. The van der Waals surface area contributed by atoms with E-state index in [2.05, 4.69) is 10.2 Å². The van der Waals surface area contributed by atoms with E-state index < -0.39 is 5.54 Å². The number of nitrogens with two attached hydrogens (primary N) is 1. The van der Waals surface area contributed by atoms with Crippen molar-refractivity contribution >= 4 is 5.91 Å². The van der Waals surface area contributed by atoms with Crippen LogP contribution in [-0.4, -0.2) is 42.5 Å². The fraction of sp³-hybridized carbons (Fsp3) is 0.500. The summed E-state index contributed by atoms with van der Waals surface area (Å²) in [5.41, 5.74) is 6.21. The Morgan fingerprint density at radius 1 is 1.33 bits per heavy atom. The van der Waals surface area contributed by atoms with Crippen molar-refractivity contribution in [1.29, 1.82) is 0 Å². The molecule has 0 aliphatic carbocycles. The van der Waals surface area contributed by atoms with Crippen LogP contribution in [0.5, 0.6) is 0 Å². The van der Waals surface area contributed by atoms with Gasteiger partial charge < -0.3 is 11.1 Å². The molecule has 1 amide bonds. The average molecular weight is 247 g/mol. The molecule has 2 rings (SSSR count). The highest BCUT2D eigenvalue weighted by Crippen LogP contribution is 2.21.